The third kappa shape index (κ3) is 5.93. The normalized spacial score (nSPS) is 21.7. The minimum absolute atomic E-state index is 0.422. The first-order chi connectivity index (χ1) is 13.2. The summed E-state index contributed by atoms with van der Waals surface area (Å²) < 4.78 is 0. The first kappa shape index (κ1) is 20.6. The Bertz CT molecular complexity index is 557. The summed E-state index contributed by atoms with van der Waals surface area (Å²) in [6.45, 7) is 13.2. The molecule has 5 nitrogen and oxygen atoms in total. The number of likely N-dealkylation sites (tertiary alicyclic amines) is 2. The van der Waals surface area contributed by atoms with Gasteiger partial charge in [-0.15, -0.1) is 11.3 Å². The first-order valence-corrected chi connectivity index (χ1v) is 11.6. The standard InChI is InChI=1S/C21H37N5S/c1-4-22-21(24-18-9-13-25(14-10-18)17(2)3)23-16-19(20-8-7-15-27-20)26-11-5-6-12-26/h7-8,15,17-19H,4-6,9-14,16H2,1-3H3,(H2,22,23,24). The summed E-state index contributed by atoms with van der Waals surface area (Å²) in [5, 5.41) is 9.36. The van der Waals surface area contributed by atoms with E-state index in [4.69, 9.17) is 4.99 Å². The lowest BCUT2D eigenvalue weighted by atomic mass is 10.0. The highest BCUT2D eigenvalue weighted by atomic mass is 32.1. The van der Waals surface area contributed by atoms with Crippen LogP contribution in [0.5, 0.6) is 0 Å². The summed E-state index contributed by atoms with van der Waals surface area (Å²) in [5.41, 5.74) is 0. The van der Waals surface area contributed by atoms with E-state index < -0.39 is 0 Å². The largest absolute Gasteiger partial charge is 0.357 e. The summed E-state index contributed by atoms with van der Waals surface area (Å²) in [4.78, 5) is 11.6. The van der Waals surface area contributed by atoms with Gasteiger partial charge in [0.1, 0.15) is 0 Å². The average molecular weight is 392 g/mol. The third-order valence-electron chi connectivity index (χ3n) is 5.82. The topological polar surface area (TPSA) is 42.9 Å². The van der Waals surface area contributed by atoms with Gasteiger partial charge in [0, 0.05) is 36.6 Å². The Balaban J connectivity index is 1.60. The maximum absolute atomic E-state index is 5.01. The van der Waals surface area contributed by atoms with E-state index in [1.54, 1.807) is 0 Å². The lowest BCUT2D eigenvalue weighted by Crippen LogP contribution is -2.50. The summed E-state index contributed by atoms with van der Waals surface area (Å²) >= 11 is 1.86. The van der Waals surface area contributed by atoms with Crippen LogP contribution in [0.25, 0.3) is 0 Å². The SMILES string of the molecule is CCNC(=NCC(c1cccs1)N1CCCC1)NC1CCN(C(C)C)CC1. The van der Waals surface area contributed by atoms with Crippen LogP contribution < -0.4 is 10.6 Å². The molecule has 2 saturated heterocycles. The molecule has 0 radical (unpaired) electrons. The van der Waals surface area contributed by atoms with E-state index in [2.05, 4.69) is 58.7 Å². The van der Waals surface area contributed by atoms with Crippen molar-refractivity contribution in [2.45, 2.75) is 64.6 Å². The van der Waals surface area contributed by atoms with Gasteiger partial charge < -0.3 is 15.5 Å². The third-order valence-corrected chi connectivity index (χ3v) is 6.79. The molecule has 152 valence electrons. The molecule has 3 heterocycles. The van der Waals surface area contributed by atoms with Gasteiger partial charge in [0.2, 0.25) is 0 Å². The molecule has 0 amide bonds. The lowest BCUT2D eigenvalue weighted by molar-refractivity contribution is 0.167. The molecular formula is C21H37N5S. The summed E-state index contributed by atoms with van der Waals surface area (Å²) in [6.07, 6.45) is 5.03. The molecule has 2 N–H and O–H groups in total. The summed E-state index contributed by atoms with van der Waals surface area (Å²) in [5.74, 6) is 0.987. The molecule has 2 aliphatic heterocycles. The average Bonchev–Trinajstić information content (AvgIpc) is 3.37. The molecule has 1 unspecified atom stereocenters. The van der Waals surface area contributed by atoms with Gasteiger partial charge >= 0.3 is 0 Å². The fourth-order valence-electron chi connectivity index (χ4n) is 4.17. The Labute approximate surface area is 169 Å². The van der Waals surface area contributed by atoms with Crippen molar-refractivity contribution in [2.75, 3.05) is 39.3 Å². The van der Waals surface area contributed by atoms with Gasteiger partial charge in [-0.1, -0.05) is 6.07 Å². The van der Waals surface area contributed by atoms with E-state index >= 15 is 0 Å². The van der Waals surface area contributed by atoms with Crippen molar-refractivity contribution >= 4 is 17.3 Å². The highest BCUT2D eigenvalue weighted by Gasteiger charge is 2.25. The number of hydrogen-bond donors (Lipinski definition) is 2. The van der Waals surface area contributed by atoms with E-state index in [-0.39, 0.29) is 0 Å². The van der Waals surface area contributed by atoms with Gasteiger partial charge in [-0.2, -0.15) is 0 Å². The number of hydrogen-bond acceptors (Lipinski definition) is 4. The number of nitrogens with one attached hydrogen (secondary N) is 2. The molecular weight excluding hydrogens is 354 g/mol. The van der Waals surface area contributed by atoms with Crippen molar-refractivity contribution in [1.29, 1.82) is 0 Å². The molecule has 0 bridgehead atoms. The Kier molecular flexibility index (Phi) is 7.97. The molecule has 1 atom stereocenters. The molecule has 6 heteroatoms. The Morgan fingerprint density at radius 2 is 1.93 bits per heavy atom. The molecule has 2 aliphatic rings. The maximum Gasteiger partial charge on any atom is 0.191 e. The van der Waals surface area contributed by atoms with Gasteiger partial charge in [-0.3, -0.25) is 9.89 Å². The van der Waals surface area contributed by atoms with Gasteiger partial charge in [0.15, 0.2) is 5.96 Å². The van der Waals surface area contributed by atoms with Crippen LogP contribution in [0.2, 0.25) is 0 Å². The zero-order chi connectivity index (χ0) is 19.1. The van der Waals surface area contributed by atoms with Crippen LogP contribution in [-0.2, 0) is 0 Å². The second-order valence-electron chi connectivity index (χ2n) is 8.04. The zero-order valence-corrected chi connectivity index (χ0v) is 18.1. The first-order valence-electron chi connectivity index (χ1n) is 10.7. The molecule has 0 spiro atoms. The van der Waals surface area contributed by atoms with Gasteiger partial charge in [0.05, 0.1) is 12.6 Å². The predicted octanol–water partition coefficient (Wildman–Crippen LogP) is 3.31. The van der Waals surface area contributed by atoms with Crippen LogP contribution in [0.15, 0.2) is 22.5 Å². The molecule has 1 aromatic heterocycles. The van der Waals surface area contributed by atoms with E-state index in [0.29, 0.717) is 18.1 Å². The molecule has 0 aromatic carbocycles. The van der Waals surface area contributed by atoms with Crippen molar-refractivity contribution in [2.24, 2.45) is 4.99 Å². The van der Waals surface area contributed by atoms with Crippen LogP contribution in [0.4, 0.5) is 0 Å². The number of guanidine groups is 1. The van der Waals surface area contributed by atoms with Crippen LogP contribution in [-0.4, -0.2) is 67.1 Å². The Hall–Kier alpha value is -1.11. The number of rotatable bonds is 7. The van der Waals surface area contributed by atoms with Gasteiger partial charge in [0.25, 0.3) is 0 Å². The molecule has 3 rings (SSSR count). The fraction of sp³-hybridized carbons (Fsp3) is 0.762. The Morgan fingerprint density at radius 1 is 1.19 bits per heavy atom. The minimum atomic E-state index is 0.422. The van der Waals surface area contributed by atoms with Gasteiger partial charge in [-0.05, 0) is 71.0 Å². The molecule has 27 heavy (non-hydrogen) atoms. The van der Waals surface area contributed by atoms with Crippen molar-refractivity contribution in [3.8, 4) is 0 Å². The van der Waals surface area contributed by atoms with E-state index in [1.807, 2.05) is 11.3 Å². The molecule has 0 saturated carbocycles. The zero-order valence-electron chi connectivity index (χ0n) is 17.3. The number of thiophene rings is 1. The highest BCUT2D eigenvalue weighted by Crippen LogP contribution is 2.28. The summed E-state index contributed by atoms with van der Waals surface area (Å²) in [6, 6.07) is 6.04. The van der Waals surface area contributed by atoms with E-state index in [1.165, 1.54) is 56.7 Å². The van der Waals surface area contributed by atoms with Crippen LogP contribution >= 0.6 is 11.3 Å². The van der Waals surface area contributed by atoms with Gasteiger partial charge in [-0.25, -0.2) is 0 Å². The van der Waals surface area contributed by atoms with Crippen molar-refractivity contribution in [3.05, 3.63) is 22.4 Å². The number of nitrogens with zero attached hydrogens (tertiary/aromatic N) is 3. The number of aliphatic imine (C=N–C) groups is 1. The fourth-order valence-corrected chi connectivity index (χ4v) is 5.02. The van der Waals surface area contributed by atoms with Crippen molar-refractivity contribution in [1.82, 2.24) is 20.4 Å². The molecule has 1 aromatic rings. The van der Waals surface area contributed by atoms with E-state index in [0.717, 1.165) is 19.0 Å². The quantitative estimate of drug-likeness (QED) is 0.553. The second-order valence-corrected chi connectivity index (χ2v) is 9.02. The summed E-state index contributed by atoms with van der Waals surface area (Å²) in [7, 11) is 0. The smallest absolute Gasteiger partial charge is 0.191 e. The second kappa shape index (κ2) is 10.4. The van der Waals surface area contributed by atoms with Crippen LogP contribution in [0, 0.1) is 0 Å². The number of piperidine rings is 1. The van der Waals surface area contributed by atoms with Crippen LogP contribution in [0.1, 0.15) is 57.4 Å². The predicted molar refractivity (Wildman–Crippen MR) is 117 cm³/mol. The molecule has 0 aliphatic carbocycles. The highest BCUT2D eigenvalue weighted by molar-refractivity contribution is 7.10. The minimum Gasteiger partial charge on any atom is -0.357 e. The monoisotopic (exact) mass is 391 g/mol. The Morgan fingerprint density at radius 3 is 2.52 bits per heavy atom. The van der Waals surface area contributed by atoms with Crippen LogP contribution in [0.3, 0.4) is 0 Å². The lowest BCUT2D eigenvalue weighted by Gasteiger charge is -2.35. The van der Waals surface area contributed by atoms with Crippen molar-refractivity contribution < 1.29 is 0 Å². The van der Waals surface area contributed by atoms with Crippen molar-refractivity contribution in [3.63, 3.8) is 0 Å². The molecule has 2 fully saturated rings. The maximum atomic E-state index is 5.01. The van der Waals surface area contributed by atoms with E-state index in [9.17, 15) is 0 Å².